The maximum atomic E-state index is 12.3. The molecule has 8 nitrogen and oxygen atoms in total. The summed E-state index contributed by atoms with van der Waals surface area (Å²) in [6.45, 7) is 8.58. The summed E-state index contributed by atoms with van der Waals surface area (Å²) in [7, 11) is 3.67. The number of halogens is 1. The van der Waals surface area contributed by atoms with E-state index in [1.54, 1.807) is 13.2 Å². The van der Waals surface area contributed by atoms with Crippen molar-refractivity contribution in [3.8, 4) is 0 Å². The minimum Gasteiger partial charge on any atom is -0.444 e. The lowest BCUT2D eigenvalue weighted by molar-refractivity contribution is 0.0168. The molecule has 1 aromatic rings. The largest absolute Gasteiger partial charge is 0.444 e. The second kappa shape index (κ2) is 10.7. The van der Waals surface area contributed by atoms with Crippen LogP contribution in [0.25, 0.3) is 0 Å². The molecule has 0 aromatic carbocycles. The molecule has 27 heavy (non-hydrogen) atoms. The highest BCUT2D eigenvalue weighted by Crippen LogP contribution is 2.18. The summed E-state index contributed by atoms with van der Waals surface area (Å²) in [5, 5.41) is 10.8. The molecule has 2 N–H and O–H groups in total. The molecule has 0 radical (unpaired) electrons. The quantitative estimate of drug-likeness (QED) is 0.383. The number of amides is 1. The molecule has 1 atom stereocenters. The number of hydrogen-bond donors (Lipinski definition) is 2. The molecule has 0 saturated carbocycles. The summed E-state index contributed by atoms with van der Waals surface area (Å²) in [5.41, 5.74) is 0.627. The zero-order valence-electron chi connectivity index (χ0n) is 17.0. The number of hydrogen-bond acceptors (Lipinski definition) is 4. The Kier molecular flexibility index (Phi) is 9.34. The van der Waals surface area contributed by atoms with E-state index < -0.39 is 5.60 Å². The monoisotopic (exact) mass is 492 g/mol. The summed E-state index contributed by atoms with van der Waals surface area (Å²) in [5.74, 6) is 1.13. The molecule has 1 fully saturated rings. The van der Waals surface area contributed by atoms with Gasteiger partial charge in [-0.1, -0.05) is 0 Å². The second-order valence-electron chi connectivity index (χ2n) is 7.69. The predicted octanol–water partition coefficient (Wildman–Crippen LogP) is 2.35. The van der Waals surface area contributed by atoms with Gasteiger partial charge in [0.15, 0.2) is 5.96 Å². The SMILES string of the molecule is CN=C(NCc1ccnn1C)NCC1CCCN(C(=O)OC(C)(C)C)C1.I. The third-order valence-electron chi connectivity index (χ3n) is 4.31. The first-order valence-corrected chi connectivity index (χ1v) is 9.18. The van der Waals surface area contributed by atoms with E-state index in [9.17, 15) is 4.79 Å². The molecule has 1 unspecified atom stereocenters. The van der Waals surface area contributed by atoms with Crippen molar-refractivity contribution in [2.45, 2.75) is 45.8 Å². The van der Waals surface area contributed by atoms with Crippen molar-refractivity contribution < 1.29 is 9.53 Å². The van der Waals surface area contributed by atoms with Gasteiger partial charge in [0, 0.05) is 39.9 Å². The fourth-order valence-electron chi connectivity index (χ4n) is 2.93. The van der Waals surface area contributed by atoms with Gasteiger partial charge in [-0.2, -0.15) is 5.10 Å². The molecule has 1 aliphatic rings. The smallest absolute Gasteiger partial charge is 0.410 e. The van der Waals surface area contributed by atoms with E-state index >= 15 is 0 Å². The topological polar surface area (TPSA) is 83.8 Å². The van der Waals surface area contributed by atoms with Crippen LogP contribution in [0.4, 0.5) is 4.79 Å². The van der Waals surface area contributed by atoms with Gasteiger partial charge in [0.25, 0.3) is 0 Å². The Morgan fingerprint density at radius 1 is 1.41 bits per heavy atom. The van der Waals surface area contributed by atoms with Crippen LogP contribution < -0.4 is 10.6 Å². The van der Waals surface area contributed by atoms with E-state index in [-0.39, 0.29) is 30.1 Å². The van der Waals surface area contributed by atoms with Crippen molar-refractivity contribution in [2.75, 3.05) is 26.7 Å². The summed E-state index contributed by atoms with van der Waals surface area (Å²) < 4.78 is 7.32. The van der Waals surface area contributed by atoms with Gasteiger partial charge >= 0.3 is 6.09 Å². The summed E-state index contributed by atoms with van der Waals surface area (Å²) >= 11 is 0. The zero-order chi connectivity index (χ0) is 19.2. The van der Waals surface area contributed by atoms with Crippen molar-refractivity contribution >= 4 is 36.0 Å². The number of rotatable bonds is 4. The van der Waals surface area contributed by atoms with Crippen LogP contribution >= 0.6 is 24.0 Å². The molecular formula is C18H33IN6O2. The van der Waals surface area contributed by atoms with Gasteiger partial charge < -0.3 is 20.3 Å². The van der Waals surface area contributed by atoms with Crippen LogP contribution in [0.2, 0.25) is 0 Å². The number of aromatic nitrogens is 2. The van der Waals surface area contributed by atoms with Crippen LogP contribution in [0.15, 0.2) is 17.3 Å². The Morgan fingerprint density at radius 2 is 2.15 bits per heavy atom. The predicted molar refractivity (Wildman–Crippen MR) is 117 cm³/mol. The lowest BCUT2D eigenvalue weighted by Gasteiger charge is -2.34. The molecule has 0 aliphatic carbocycles. The Hall–Kier alpha value is -1.52. The standard InChI is InChI=1S/C18H32N6O2.HI/c1-18(2,3)26-17(25)24-10-6-7-14(13-24)11-20-16(19-4)21-12-15-8-9-22-23(15)5;/h8-9,14H,6-7,10-13H2,1-5H3,(H2,19,20,21);1H. The minimum absolute atomic E-state index is 0. The van der Waals surface area contributed by atoms with Crippen LogP contribution in [-0.2, 0) is 18.3 Å². The van der Waals surface area contributed by atoms with Crippen molar-refractivity contribution in [1.29, 1.82) is 0 Å². The van der Waals surface area contributed by atoms with E-state index in [1.807, 2.05) is 43.5 Å². The zero-order valence-corrected chi connectivity index (χ0v) is 19.3. The molecule has 2 rings (SSSR count). The van der Waals surface area contributed by atoms with E-state index in [0.29, 0.717) is 19.0 Å². The number of likely N-dealkylation sites (tertiary alicyclic amines) is 1. The van der Waals surface area contributed by atoms with Crippen molar-refractivity contribution in [2.24, 2.45) is 18.0 Å². The fraction of sp³-hybridized carbons (Fsp3) is 0.722. The summed E-state index contributed by atoms with van der Waals surface area (Å²) in [6, 6.07) is 1.97. The first kappa shape index (κ1) is 23.5. The number of carbonyl (C=O) groups excluding carboxylic acids is 1. The Labute approximate surface area is 179 Å². The molecule has 9 heteroatoms. The second-order valence-corrected chi connectivity index (χ2v) is 7.69. The van der Waals surface area contributed by atoms with Gasteiger partial charge in [-0.05, 0) is 45.6 Å². The Bertz CT molecular complexity index is 626. The highest BCUT2D eigenvalue weighted by molar-refractivity contribution is 14.0. The highest BCUT2D eigenvalue weighted by Gasteiger charge is 2.27. The van der Waals surface area contributed by atoms with Crippen LogP contribution in [0.1, 0.15) is 39.3 Å². The van der Waals surface area contributed by atoms with Crippen LogP contribution in [0.5, 0.6) is 0 Å². The van der Waals surface area contributed by atoms with Crippen molar-refractivity contribution in [3.05, 3.63) is 18.0 Å². The summed E-state index contributed by atoms with van der Waals surface area (Å²) in [6.07, 6.45) is 3.64. The van der Waals surface area contributed by atoms with Gasteiger partial charge in [-0.3, -0.25) is 9.67 Å². The molecular weight excluding hydrogens is 459 g/mol. The first-order chi connectivity index (χ1) is 12.3. The molecule has 154 valence electrons. The number of nitrogens with zero attached hydrogens (tertiary/aromatic N) is 4. The molecule has 2 heterocycles. The molecule has 1 aromatic heterocycles. The number of guanidine groups is 1. The van der Waals surface area contributed by atoms with Gasteiger partial charge in [-0.15, -0.1) is 24.0 Å². The Morgan fingerprint density at radius 3 is 2.74 bits per heavy atom. The maximum absolute atomic E-state index is 12.3. The highest BCUT2D eigenvalue weighted by atomic mass is 127. The van der Waals surface area contributed by atoms with Crippen LogP contribution in [0, 0.1) is 5.92 Å². The number of ether oxygens (including phenoxy) is 1. The average Bonchev–Trinajstić information content (AvgIpc) is 2.99. The average molecular weight is 492 g/mol. The van der Waals surface area contributed by atoms with Crippen LogP contribution in [-0.4, -0.2) is 59.0 Å². The van der Waals surface area contributed by atoms with Gasteiger partial charge in [0.05, 0.1) is 12.2 Å². The number of carbonyl (C=O) groups is 1. The van der Waals surface area contributed by atoms with Gasteiger partial charge in [0.2, 0.25) is 0 Å². The first-order valence-electron chi connectivity index (χ1n) is 9.18. The van der Waals surface area contributed by atoms with Crippen molar-refractivity contribution in [1.82, 2.24) is 25.3 Å². The van der Waals surface area contributed by atoms with Gasteiger partial charge in [0.1, 0.15) is 5.60 Å². The minimum atomic E-state index is -0.458. The lowest BCUT2D eigenvalue weighted by atomic mass is 9.98. The van der Waals surface area contributed by atoms with E-state index in [1.165, 1.54) is 0 Å². The van der Waals surface area contributed by atoms with Gasteiger partial charge in [-0.25, -0.2) is 4.79 Å². The molecule has 1 amide bonds. The summed E-state index contributed by atoms with van der Waals surface area (Å²) in [4.78, 5) is 18.3. The van der Waals surface area contributed by atoms with E-state index in [2.05, 4.69) is 20.7 Å². The number of aliphatic imine (C=N–C) groups is 1. The molecule has 1 saturated heterocycles. The number of aryl methyl sites for hydroxylation is 1. The van der Waals surface area contributed by atoms with E-state index in [4.69, 9.17) is 4.74 Å². The lowest BCUT2D eigenvalue weighted by Crippen LogP contribution is -2.47. The molecule has 0 spiro atoms. The molecule has 1 aliphatic heterocycles. The van der Waals surface area contributed by atoms with E-state index in [0.717, 1.165) is 37.6 Å². The number of nitrogens with one attached hydrogen (secondary N) is 2. The van der Waals surface area contributed by atoms with Crippen molar-refractivity contribution in [3.63, 3.8) is 0 Å². The fourth-order valence-corrected chi connectivity index (χ4v) is 2.93. The third kappa shape index (κ3) is 7.94. The normalized spacial score (nSPS) is 17.9. The van der Waals surface area contributed by atoms with Crippen LogP contribution in [0.3, 0.4) is 0 Å². The molecule has 0 bridgehead atoms. The Balaban J connectivity index is 0.00000364. The number of piperidine rings is 1. The third-order valence-corrected chi connectivity index (χ3v) is 4.31. The maximum Gasteiger partial charge on any atom is 0.410 e.